The SMILES string of the molecule is CCN(CC)C(C)c1ccc(F)c(Br)c1. The highest BCUT2D eigenvalue weighted by molar-refractivity contribution is 9.10. The highest BCUT2D eigenvalue weighted by Gasteiger charge is 2.13. The highest BCUT2D eigenvalue weighted by Crippen LogP contribution is 2.24. The van der Waals surface area contributed by atoms with E-state index in [4.69, 9.17) is 0 Å². The maximum Gasteiger partial charge on any atom is 0.137 e. The summed E-state index contributed by atoms with van der Waals surface area (Å²) in [4.78, 5) is 2.33. The van der Waals surface area contributed by atoms with Gasteiger partial charge in [0.05, 0.1) is 4.47 Å². The van der Waals surface area contributed by atoms with E-state index < -0.39 is 0 Å². The van der Waals surface area contributed by atoms with E-state index in [-0.39, 0.29) is 5.82 Å². The lowest BCUT2D eigenvalue weighted by Crippen LogP contribution is -2.26. The molecule has 0 fully saturated rings. The Kier molecular flexibility index (Phi) is 4.74. The van der Waals surface area contributed by atoms with Gasteiger partial charge in [0.25, 0.3) is 0 Å². The van der Waals surface area contributed by atoms with Crippen molar-refractivity contribution in [3.63, 3.8) is 0 Å². The number of hydrogen-bond donors (Lipinski definition) is 0. The lowest BCUT2D eigenvalue weighted by molar-refractivity contribution is 0.234. The number of rotatable bonds is 4. The first-order chi connectivity index (χ1) is 7.10. The molecule has 0 aliphatic rings. The average molecular weight is 274 g/mol. The average Bonchev–Trinajstić information content (AvgIpc) is 2.23. The first-order valence-electron chi connectivity index (χ1n) is 5.29. The Morgan fingerprint density at radius 2 is 1.93 bits per heavy atom. The van der Waals surface area contributed by atoms with Crippen LogP contribution in [0.15, 0.2) is 22.7 Å². The molecule has 0 saturated heterocycles. The maximum absolute atomic E-state index is 13.1. The van der Waals surface area contributed by atoms with Gasteiger partial charge in [-0.2, -0.15) is 0 Å². The van der Waals surface area contributed by atoms with Crippen LogP contribution in [0.5, 0.6) is 0 Å². The van der Waals surface area contributed by atoms with Gasteiger partial charge in [-0.3, -0.25) is 4.90 Å². The molecular formula is C12H17BrFN. The smallest absolute Gasteiger partial charge is 0.137 e. The summed E-state index contributed by atoms with van der Waals surface area (Å²) in [6.45, 7) is 8.43. The van der Waals surface area contributed by atoms with E-state index in [0.29, 0.717) is 10.5 Å². The highest BCUT2D eigenvalue weighted by atomic mass is 79.9. The van der Waals surface area contributed by atoms with Crippen molar-refractivity contribution in [2.24, 2.45) is 0 Å². The predicted molar refractivity (Wildman–Crippen MR) is 65.4 cm³/mol. The first kappa shape index (κ1) is 12.7. The zero-order chi connectivity index (χ0) is 11.4. The Morgan fingerprint density at radius 3 is 2.40 bits per heavy atom. The molecule has 0 radical (unpaired) electrons. The Morgan fingerprint density at radius 1 is 1.33 bits per heavy atom. The molecule has 1 nitrogen and oxygen atoms in total. The Hall–Kier alpha value is -0.410. The van der Waals surface area contributed by atoms with Gasteiger partial charge in [-0.05, 0) is 53.6 Å². The summed E-state index contributed by atoms with van der Waals surface area (Å²) in [6.07, 6.45) is 0. The van der Waals surface area contributed by atoms with E-state index in [1.54, 1.807) is 0 Å². The molecule has 0 aliphatic carbocycles. The zero-order valence-electron chi connectivity index (χ0n) is 9.43. The van der Waals surface area contributed by atoms with E-state index in [2.05, 4.69) is 41.6 Å². The van der Waals surface area contributed by atoms with Crippen molar-refractivity contribution in [1.82, 2.24) is 4.90 Å². The molecule has 0 saturated carbocycles. The van der Waals surface area contributed by atoms with E-state index in [9.17, 15) is 4.39 Å². The largest absolute Gasteiger partial charge is 0.297 e. The quantitative estimate of drug-likeness (QED) is 0.802. The van der Waals surface area contributed by atoms with Crippen molar-refractivity contribution < 1.29 is 4.39 Å². The number of hydrogen-bond acceptors (Lipinski definition) is 1. The van der Waals surface area contributed by atoms with Crippen LogP contribution in [0, 0.1) is 5.82 Å². The molecule has 0 spiro atoms. The molecule has 1 unspecified atom stereocenters. The third-order valence-electron chi connectivity index (χ3n) is 2.79. The van der Waals surface area contributed by atoms with Crippen LogP contribution in [-0.4, -0.2) is 18.0 Å². The van der Waals surface area contributed by atoms with Crippen LogP contribution in [-0.2, 0) is 0 Å². The molecule has 3 heteroatoms. The van der Waals surface area contributed by atoms with Gasteiger partial charge in [-0.25, -0.2) is 4.39 Å². The minimum absolute atomic E-state index is 0.203. The maximum atomic E-state index is 13.1. The Balaban J connectivity index is 2.90. The minimum atomic E-state index is -0.203. The summed E-state index contributed by atoms with van der Waals surface area (Å²) in [5.41, 5.74) is 1.15. The van der Waals surface area contributed by atoms with E-state index in [0.717, 1.165) is 18.7 Å². The molecule has 0 aliphatic heterocycles. The van der Waals surface area contributed by atoms with Gasteiger partial charge in [0.15, 0.2) is 0 Å². The Labute approximate surface area is 99.4 Å². The normalized spacial score (nSPS) is 13.2. The molecular weight excluding hydrogens is 257 g/mol. The van der Waals surface area contributed by atoms with Gasteiger partial charge in [-0.15, -0.1) is 0 Å². The van der Waals surface area contributed by atoms with Crippen LogP contribution in [0.3, 0.4) is 0 Å². The molecule has 84 valence electrons. The molecule has 0 amide bonds. The standard InChI is InChI=1S/C12H17BrFN/c1-4-15(5-2)9(3)10-6-7-12(14)11(13)8-10/h6-9H,4-5H2,1-3H3. The van der Waals surface area contributed by atoms with E-state index >= 15 is 0 Å². The van der Waals surface area contributed by atoms with Crippen LogP contribution in [0.2, 0.25) is 0 Å². The number of benzene rings is 1. The Bertz CT molecular complexity index is 323. The summed E-state index contributed by atoms with van der Waals surface area (Å²) in [6, 6.07) is 5.55. The van der Waals surface area contributed by atoms with Crippen LogP contribution in [0.1, 0.15) is 32.4 Å². The summed E-state index contributed by atoms with van der Waals surface area (Å²) >= 11 is 3.21. The number of nitrogens with zero attached hydrogens (tertiary/aromatic N) is 1. The van der Waals surface area contributed by atoms with Crippen molar-refractivity contribution >= 4 is 15.9 Å². The second-order valence-electron chi connectivity index (χ2n) is 3.57. The third kappa shape index (κ3) is 3.02. The topological polar surface area (TPSA) is 3.24 Å². The van der Waals surface area contributed by atoms with Crippen molar-refractivity contribution in [2.45, 2.75) is 26.8 Å². The summed E-state index contributed by atoms with van der Waals surface area (Å²) in [5.74, 6) is -0.203. The van der Waals surface area contributed by atoms with Crippen molar-refractivity contribution in [1.29, 1.82) is 0 Å². The van der Waals surface area contributed by atoms with Crippen LogP contribution < -0.4 is 0 Å². The van der Waals surface area contributed by atoms with Gasteiger partial charge in [0.2, 0.25) is 0 Å². The van der Waals surface area contributed by atoms with Crippen LogP contribution in [0.25, 0.3) is 0 Å². The lowest BCUT2D eigenvalue weighted by atomic mass is 10.1. The van der Waals surface area contributed by atoms with E-state index in [1.807, 2.05) is 12.1 Å². The first-order valence-corrected chi connectivity index (χ1v) is 6.08. The second-order valence-corrected chi connectivity index (χ2v) is 4.43. The summed E-state index contributed by atoms with van der Waals surface area (Å²) < 4.78 is 13.6. The minimum Gasteiger partial charge on any atom is -0.297 e. The molecule has 15 heavy (non-hydrogen) atoms. The van der Waals surface area contributed by atoms with Gasteiger partial charge < -0.3 is 0 Å². The molecule has 1 rings (SSSR count). The van der Waals surface area contributed by atoms with Gasteiger partial charge in [0.1, 0.15) is 5.82 Å². The fourth-order valence-corrected chi connectivity index (χ4v) is 2.15. The van der Waals surface area contributed by atoms with Gasteiger partial charge in [-0.1, -0.05) is 19.9 Å². The van der Waals surface area contributed by atoms with Gasteiger partial charge >= 0.3 is 0 Å². The van der Waals surface area contributed by atoms with Crippen molar-refractivity contribution in [3.8, 4) is 0 Å². The predicted octanol–water partition coefficient (Wildman–Crippen LogP) is 3.99. The molecule has 1 aromatic carbocycles. The molecule has 0 aromatic heterocycles. The lowest BCUT2D eigenvalue weighted by Gasteiger charge is -2.26. The van der Waals surface area contributed by atoms with Crippen LogP contribution >= 0.6 is 15.9 Å². The molecule has 0 N–H and O–H groups in total. The molecule has 0 heterocycles. The monoisotopic (exact) mass is 273 g/mol. The second kappa shape index (κ2) is 5.61. The van der Waals surface area contributed by atoms with Crippen molar-refractivity contribution in [3.05, 3.63) is 34.1 Å². The fraction of sp³-hybridized carbons (Fsp3) is 0.500. The third-order valence-corrected chi connectivity index (χ3v) is 3.39. The molecule has 1 aromatic rings. The summed E-state index contributed by atoms with van der Waals surface area (Å²) in [5, 5.41) is 0. The zero-order valence-corrected chi connectivity index (χ0v) is 11.0. The van der Waals surface area contributed by atoms with Gasteiger partial charge in [0, 0.05) is 6.04 Å². The van der Waals surface area contributed by atoms with E-state index in [1.165, 1.54) is 6.07 Å². The van der Waals surface area contributed by atoms with Crippen molar-refractivity contribution in [2.75, 3.05) is 13.1 Å². The summed E-state index contributed by atoms with van der Waals surface area (Å²) in [7, 11) is 0. The van der Waals surface area contributed by atoms with Crippen LogP contribution in [0.4, 0.5) is 4.39 Å². The number of halogens is 2. The fourth-order valence-electron chi connectivity index (χ4n) is 1.75. The molecule has 1 atom stereocenters. The molecule has 0 bridgehead atoms.